The van der Waals surface area contributed by atoms with Crippen molar-refractivity contribution in [2.45, 2.75) is 32.6 Å². The highest BCUT2D eigenvalue weighted by atomic mass is 16.5. The summed E-state index contributed by atoms with van der Waals surface area (Å²) in [6, 6.07) is 49.2. The van der Waals surface area contributed by atoms with Gasteiger partial charge in [0.2, 0.25) is 5.82 Å². The molecule has 0 saturated carbocycles. The second-order valence-electron chi connectivity index (χ2n) is 11.7. The lowest BCUT2D eigenvalue weighted by Gasteiger charge is -2.34. The van der Waals surface area contributed by atoms with Gasteiger partial charge in [0.15, 0.2) is 5.54 Å². The Labute approximate surface area is 280 Å². The van der Waals surface area contributed by atoms with Gasteiger partial charge in [0.25, 0.3) is 0 Å². The van der Waals surface area contributed by atoms with Crippen molar-refractivity contribution in [2.24, 2.45) is 0 Å². The van der Waals surface area contributed by atoms with Crippen molar-refractivity contribution >= 4 is 0 Å². The van der Waals surface area contributed by atoms with Gasteiger partial charge < -0.3 is 9.84 Å². The van der Waals surface area contributed by atoms with Crippen LogP contribution in [0, 0.1) is 13.8 Å². The van der Waals surface area contributed by atoms with E-state index in [9.17, 15) is 5.11 Å². The molecule has 7 aromatic rings. The molecule has 0 saturated heterocycles. The van der Waals surface area contributed by atoms with Crippen LogP contribution in [0.3, 0.4) is 0 Å². The number of aromatic nitrogens is 5. The Hall–Kier alpha value is -5.92. The molecule has 1 N–H and O–H groups in total. The highest BCUT2D eigenvalue weighted by molar-refractivity contribution is 5.81. The predicted octanol–water partition coefficient (Wildman–Crippen LogP) is 7.93. The van der Waals surface area contributed by atoms with Crippen molar-refractivity contribution in [3.63, 3.8) is 0 Å². The number of rotatable bonds is 10. The van der Waals surface area contributed by atoms with Crippen LogP contribution in [0.5, 0.6) is 5.75 Å². The second-order valence-corrected chi connectivity index (χ2v) is 11.7. The summed E-state index contributed by atoms with van der Waals surface area (Å²) in [4.78, 5) is 6.23. The number of pyridine rings is 1. The fourth-order valence-corrected chi connectivity index (χ4v) is 6.39. The lowest BCUT2D eigenvalue weighted by atomic mass is 9.77. The Morgan fingerprint density at radius 3 is 1.79 bits per heavy atom. The summed E-state index contributed by atoms with van der Waals surface area (Å²) in [7, 11) is 0. The Kier molecular flexibility index (Phi) is 8.60. The fourth-order valence-electron chi connectivity index (χ4n) is 6.39. The van der Waals surface area contributed by atoms with Crippen LogP contribution >= 0.6 is 0 Å². The molecule has 0 aliphatic heterocycles. The first-order valence-corrected chi connectivity index (χ1v) is 15.9. The van der Waals surface area contributed by atoms with Gasteiger partial charge in [-0.15, -0.1) is 15.0 Å². The van der Waals surface area contributed by atoms with Gasteiger partial charge in [0, 0.05) is 28.6 Å². The number of hydrogen-bond donors (Lipinski definition) is 1. The quantitative estimate of drug-likeness (QED) is 0.155. The summed E-state index contributed by atoms with van der Waals surface area (Å²) < 4.78 is 6.28. The van der Waals surface area contributed by atoms with Gasteiger partial charge in [-0.05, 0) is 58.5 Å². The van der Waals surface area contributed by atoms with Gasteiger partial charge in [-0.3, -0.25) is 4.98 Å². The smallest absolute Gasteiger partial charge is 0.205 e. The van der Waals surface area contributed by atoms with E-state index in [1.165, 1.54) is 0 Å². The van der Waals surface area contributed by atoms with E-state index in [4.69, 9.17) is 20.1 Å². The van der Waals surface area contributed by atoms with Gasteiger partial charge >= 0.3 is 0 Å². The molecule has 2 aromatic heterocycles. The van der Waals surface area contributed by atoms with Crippen molar-refractivity contribution in [2.75, 3.05) is 0 Å². The van der Waals surface area contributed by atoms with Crippen LogP contribution in [0.1, 0.15) is 39.2 Å². The molecule has 0 aliphatic carbocycles. The Morgan fingerprint density at radius 1 is 0.667 bits per heavy atom. The van der Waals surface area contributed by atoms with Crippen LogP contribution in [-0.4, -0.2) is 30.3 Å². The zero-order valence-corrected chi connectivity index (χ0v) is 26.9. The molecule has 0 amide bonds. The maximum atomic E-state index is 10.0. The van der Waals surface area contributed by atoms with Crippen LogP contribution in [0.4, 0.5) is 0 Å². The summed E-state index contributed by atoms with van der Waals surface area (Å²) in [6.45, 7) is 3.94. The van der Waals surface area contributed by atoms with Crippen molar-refractivity contribution < 1.29 is 9.84 Å². The van der Waals surface area contributed by atoms with Crippen LogP contribution in [0.25, 0.3) is 22.5 Å². The minimum Gasteiger partial charge on any atom is -0.488 e. The lowest BCUT2D eigenvalue weighted by Crippen LogP contribution is -2.39. The average molecular weight is 630 g/mol. The third-order valence-corrected chi connectivity index (χ3v) is 8.67. The average Bonchev–Trinajstić information content (AvgIpc) is 3.63. The zero-order valence-electron chi connectivity index (χ0n) is 26.9. The molecule has 0 bridgehead atoms. The third-order valence-electron chi connectivity index (χ3n) is 8.67. The third kappa shape index (κ3) is 5.76. The number of nitrogens with zero attached hydrogens (tertiary/aromatic N) is 5. The molecule has 0 atom stereocenters. The number of ether oxygens (including phenoxy) is 1. The van der Waals surface area contributed by atoms with Crippen molar-refractivity contribution in [3.8, 4) is 28.3 Å². The fraction of sp³-hybridized carbons (Fsp3) is 0.122. The van der Waals surface area contributed by atoms with Gasteiger partial charge in [-0.1, -0.05) is 133 Å². The van der Waals surface area contributed by atoms with Gasteiger partial charge in [0.1, 0.15) is 12.4 Å². The van der Waals surface area contributed by atoms with E-state index in [2.05, 4.69) is 71.7 Å². The molecule has 0 radical (unpaired) electrons. The molecule has 0 unspecified atom stereocenters. The molecule has 7 heteroatoms. The normalized spacial score (nSPS) is 11.4. The van der Waals surface area contributed by atoms with E-state index in [1.54, 1.807) is 4.80 Å². The number of aliphatic hydroxyl groups excluding tert-OH is 1. The number of hydrogen-bond acceptors (Lipinski definition) is 6. The number of aryl methyl sites for hydroxylation is 2. The Morgan fingerprint density at radius 2 is 1.23 bits per heavy atom. The molecule has 2 heterocycles. The van der Waals surface area contributed by atoms with Gasteiger partial charge in [0.05, 0.1) is 6.61 Å². The first-order chi connectivity index (χ1) is 23.6. The molecule has 48 heavy (non-hydrogen) atoms. The Bertz CT molecular complexity index is 2040. The Balaban J connectivity index is 1.38. The van der Waals surface area contributed by atoms with Gasteiger partial charge in [-0.2, -0.15) is 0 Å². The predicted molar refractivity (Wildman–Crippen MR) is 187 cm³/mol. The topological polar surface area (TPSA) is 86.0 Å². The molecular formula is C41H35N5O2. The monoisotopic (exact) mass is 629 g/mol. The second kappa shape index (κ2) is 13.4. The minimum atomic E-state index is -0.888. The largest absolute Gasteiger partial charge is 0.488 e. The van der Waals surface area contributed by atoms with Crippen molar-refractivity contribution in [1.82, 2.24) is 25.2 Å². The first kappa shape index (κ1) is 30.7. The molecule has 0 aliphatic rings. The van der Waals surface area contributed by atoms with Crippen LogP contribution in [-0.2, 0) is 18.8 Å². The molecule has 7 rings (SSSR count). The van der Waals surface area contributed by atoms with E-state index < -0.39 is 5.54 Å². The zero-order chi connectivity index (χ0) is 32.9. The van der Waals surface area contributed by atoms with Gasteiger partial charge in [-0.25, -0.2) is 0 Å². The minimum absolute atomic E-state index is 0.147. The number of aliphatic hydroxyl groups is 1. The summed E-state index contributed by atoms with van der Waals surface area (Å²) in [5.41, 5.74) is 8.21. The summed E-state index contributed by atoms with van der Waals surface area (Å²) in [5.74, 6) is 1.12. The van der Waals surface area contributed by atoms with Crippen LogP contribution in [0.2, 0.25) is 0 Å². The highest BCUT2D eigenvalue weighted by Gasteiger charge is 2.41. The van der Waals surface area contributed by atoms with E-state index in [1.807, 2.05) is 92.7 Å². The van der Waals surface area contributed by atoms with Crippen LogP contribution < -0.4 is 4.74 Å². The maximum absolute atomic E-state index is 10.0. The standard InChI is InChI=1S/C41H35N5O2/c1-29-25-39(38(27-47)30(2)42-29)48-28-31-23-24-36(32-15-7-3-8-16-32)37(26-31)40-43-45-46(44-40)41(33-17-9-4-10-18-33,34-19-11-5-12-20-34)35-21-13-6-14-22-35/h3-26,47H,27-28H2,1-2H3. The van der Waals surface area contributed by atoms with Crippen LogP contribution in [0.15, 0.2) is 146 Å². The molecular weight excluding hydrogens is 594 g/mol. The van der Waals surface area contributed by atoms with Crippen molar-refractivity contribution in [3.05, 3.63) is 185 Å². The molecule has 5 aromatic carbocycles. The highest BCUT2D eigenvalue weighted by Crippen LogP contribution is 2.40. The molecule has 236 valence electrons. The van der Waals surface area contributed by atoms with Crippen molar-refractivity contribution in [1.29, 1.82) is 0 Å². The summed E-state index contributed by atoms with van der Waals surface area (Å²) >= 11 is 0. The number of tetrazole rings is 1. The van der Waals surface area contributed by atoms with E-state index >= 15 is 0 Å². The van der Waals surface area contributed by atoms with E-state index in [-0.39, 0.29) is 13.2 Å². The molecule has 7 nitrogen and oxygen atoms in total. The van der Waals surface area contributed by atoms with E-state index in [0.717, 1.165) is 50.3 Å². The first-order valence-electron chi connectivity index (χ1n) is 15.9. The maximum Gasteiger partial charge on any atom is 0.205 e. The number of benzene rings is 5. The van der Waals surface area contributed by atoms with E-state index in [0.29, 0.717) is 17.1 Å². The SMILES string of the molecule is Cc1cc(OCc2ccc(-c3ccccc3)c(-c3nnn(C(c4ccccc4)(c4ccccc4)c4ccccc4)n3)c2)c(CO)c(C)n1. The molecule has 0 spiro atoms. The lowest BCUT2D eigenvalue weighted by molar-refractivity contribution is 0.257. The molecule has 0 fully saturated rings. The summed E-state index contributed by atoms with van der Waals surface area (Å²) in [6.07, 6.45) is 0. The summed E-state index contributed by atoms with van der Waals surface area (Å²) in [5, 5.41) is 24.7.